The van der Waals surface area contributed by atoms with Crippen molar-refractivity contribution in [1.82, 2.24) is 9.66 Å². The fraction of sp³-hybridized carbons (Fsp3) is 0.0645. The van der Waals surface area contributed by atoms with E-state index < -0.39 is 0 Å². The minimum Gasteiger partial charge on any atom is -0.487 e. The Kier molecular flexibility index (Phi) is 6.85. The van der Waals surface area contributed by atoms with E-state index in [0.717, 1.165) is 10.9 Å². The van der Waals surface area contributed by atoms with E-state index >= 15 is 0 Å². The lowest BCUT2D eigenvalue weighted by atomic mass is 10.2. The summed E-state index contributed by atoms with van der Waals surface area (Å²) in [6, 6.07) is 23.2. The molecule has 208 valence electrons. The average Bonchev–Trinajstić information content (AvgIpc) is 3.62. The third-order valence-electron chi connectivity index (χ3n) is 6.62. The summed E-state index contributed by atoms with van der Waals surface area (Å²) in [5.74, 6) is 2.43. The van der Waals surface area contributed by atoms with Crippen LogP contribution in [-0.2, 0) is 6.61 Å². The molecule has 0 bridgehead atoms. The van der Waals surface area contributed by atoms with Crippen LogP contribution >= 0.6 is 39.1 Å². The van der Waals surface area contributed by atoms with Crippen molar-refractivity contribution in [3.63, 3.8) is 0 Å². The lowest BCUT2D eigenvalue weighted by Gasteiger charge is -2.13. The van der Waals surface area contributed by atoms with E-state index in [1.165, 1.54) is 10.9 Å². The van der Waals surface area contributed by atoms with Crippen molar-refractivity contribution in [2.45, 2.75) is 6.61 Å². The highest BCUT2D eigenvalue weighted by molar-refractivity contribution is 9.10. The van der Waals surface area contributed by atoms with Crippen LogP contribution in [0.5, 0.6) is 17.2 Å². The predicted octanol–water partition coefficient (Wildman–Crippen LogP) is 8.07. The molecular formula is C31H18BrCl2N3O5. The number of hydrogen-bond donors (Lipinski definition) is 0. The maximum atomic E-state index is 13.7. The first kappa shape index (κ1) is 26.6. The number of fused-ring (bicyclic) bond motifs is 3. The molecule has 0 atom stereocenters. The van der Waals surface area contributed by atoms with Gasteiger partial charge in [-0.15, -0.1) is 0 Å². The molecule has 0 saturated heterocycles. The molecule has 1 aliphatic rings. The van der Waals surface area contributed by atoms with Gasteiger partial charge in [0.15, 0.2) is 17.3 Å². The van der Waals surface area contributed by atoms with Crippen molar-refractivity contribution in [2.75, 3.05) is 6.79 Å². The second-order valence-corrected chi connectivity index (χ2v) is 11.1. The zero-order chi connectivity index (χ0) is 28.8. The van der Waals surface area contributed by atoms with Crippen molar-refractivity contribution in [3.8, 4) is 28.8 Å². The molecule has 8 nitrogen and oxygen atoms in total. The number of furan rings is 1. The van der Waals surface area contributed by atoms with Gasteiger partial charge in [0.25, 0.3) is 5.56 Å². The molecule has 6 aromatic rings. The quantitative estimate of drug-likeness (QED) is 0.168. The molecule has 2 aromatic heterocycles. The molecule has 1 aliphatic heterocycles. The molecule has 0 unspecified atom stereocenters. The van der Waals surface area contributed by atoms with E-state index in [1.54, 1.807) is 54.6 Å². The average molecular weight is 663 g/mol. The molecule has 3 heterocycles. The maximum absolute atomic E-state index is 13.7. The van der Waals surface area contributed by atoms with Crippen molar-refractivity contribution in [3.05, 3.63) is 115 Å². The third kappa shape index (κ3) is 5.00. The van der Waals surface area contributed by atoms with Crippen LogP contribution in [0.15, 0.2) is 97.6 Å². The molecule has 42 heavy (non-hydrogen) atoms. The van der Waals surface area contributed by atoms with Gasteiger partial charge in [-0.05, 0) is 82.2 Å². The molecule has 0 aliphatic carbocycles. The van der Waals surface area contributed by atoms with E-state index in [1.807, 2.05) is 24.3 Å². The second-order valence-electron chi connectivity index (χ2n) is 9.39. The number of para-hydroxylation sites is 1. The smallest absolute Gasteiger partial charge is 0.282 e. The lowest BCUT2D eigenvalue weighted by Crippen LogP contribution is -2.20. The van der Waals surface area contributed by atoms with Gasteiger partial charge in [0, 0.05) is 21.0 Å². The van der Waals surface area contributed by atoms with Crippen LogP contribution in [0.3, 0.4) is 0 Å². The standard InChI is InChI=1S/C31H18BrCl2N3O5/c32-23-13-21(34)11-19(29(23)39-15-17-5-7-26-27(9-17)41-16-40-26)14-35-37-30(36-24-4-2-1-3-22(24)31(37)38)28-12-18-10-20(33)6-8-25(18)42-28/h1-14H,15-16H2. The number of halogens is 3. The Morgan fingerprint density at radius 3 is 2.74 bits per heavy atom. The van der Waals surface area contributed by atoms with Crippen LogP contribution in [-0.4, -0.2) is 22.7 Å². The number of nitrogens with zero attached hydrogens (tertiary/aromatic N) is 3. The number of ether oxygens (including phenoxy) is 3. The highest BCUT2D eigenvalue weighted by atomic mass is 79.9. The van der Waals surface area contributed by atoms with Crippen LogP contribution in [0.25, 0.3) is 33.5 Å². The molecule has 11 heteroatoms. The molecule has 0 spiro atoms. The molecule has 0 saturated carbocycles. The van der Waals surface area contributed by atoms with Gasteiger partial charge in [0.1, 0.15) is 17.9 Å². The van der Waals surface area contributed by atoms with Crippen molar-refractivity contribution < 1.29 is 18.6 Å². The Bertz CT molecular complexity index is 2110. The Hall–Kier alpha value is -4.31. The zero-order valence-electron chi connectivity index (χ0n) is 21.5. The summed E-state index contributed by atoms with van der Waals surface area (Å²) in [5.41, 5.74) is 2.17. The summed E-state index contributed by atoms with van der Waals surface area (Å²) < 4.78 is 25.0. The number of hydrogen-bond acceptors (Lipinski definition) is 7. The highest BCUT2D eigenvalue weighted by Gasteiger charge is 2.18. The number of aromatic nitrogens is 2. The molecule has 4 aromatic carbocycles. The molecule has 0 N–H and O–H groups in total. The number of benzene rings is 4. The van der Waals surface area contributed by atoms with Crippen molar-refractivity contribution in [2.24, 2.45) is 5.10 Å². The van der Waals surface area contributed by atoms with Gasteiger partial charge in [-0.3, -0.25) is 4.79 Å². The fourth-order valence-corrected chi connectivity index (χ4v) is 5.78. The molecular weight excluding hydrogens is 645 g/mol. The van der Waals surface area contributed by atoms with E-state index in [0.29, 0.717) is 59.6 Å². The summed E-state index contributed by atoms with van der Waals surface area (Å²) >= 11 is 16.1. The Morgan fingerprint density at radius 1 is 0.976 bits per heavy atom. The van der Waals surface area contributed by atoms with Gasteiger partial charge >= 0.3 is 0 Å². The van der Waals surface area contributed by atoms with Gasteiger partial charge in [0.2, 0.25) is 12.6 Å². The van der Waals surface area contributed by atoms with Gasteiger partial charge < -0.3 is 18.6 Å². The van der Waals surface area contributed by atoms with Crippen LogP contribution in [0.2, 0.25) is 10.0 Å². The van der Waals surface area contributed by atoms with E-state index in [4.69, 9.17) is 46.8 Å². The van der Waals surface area contributed by atoms with Crippen molar-refractivity contribution in [1.29, 1.82) is 0 Å². The highest BCUT2D eigenvalue weighted by Crippen LogP contribution is 2.35. The summed E-state index contributed by atoms with van der Waals surface area (Å²) in [6.45, 7) is 0.428. The monoisotopic (exact) mass is 661 g/mol. The van der Waals surface area contributed by atoms with E-state index in [9.17, 15) is 4.79 Å². The number of rotatable bonds is 6. The second kappa shape index (κ2) is 10.8. The Balaban J connectivity index is 1.30. The fourth-order valence-electron chi connectivity index (χ4n) is 4.65. The predicted molar refractivity (Wildman–Crippen MR) is 165 cm³/mol. The van der Waals surface area contributed by atoms with Gasteiger partial charge in [-0.2, -0.15) is 9.78 Å². The summed E-state index contributed by atoms with van der Waals surface area (Å²) in [4.78, 5) is 18.4. The first-order valence-corrected chi connectivity index (χ1v) is 14.2. The summed E-state index contributed by atoms with van der Waals surface area (Å²) in [6.07, 6.45) is 1.51. The van der Waals surface area contributed by atoms with Gasteiger partial charge in [-0.25, -0.2) is 4.98 Å². The van der Waals surface area contributed by atoms with Crippen molar-refractivity contribution >= 4 is 67.2 Å². The molecule has 0 fully saturated rings. The van der Waals surface area contributed by atoms with Gasteiger partial charge in [-0.1, -0.05) is 41.4 Å². The maximum Gasteiger partial charge on any atom is 0.282 e. The van der Waals surface area contributed by atoms with E-state index in [2.05, 4.69) is 21.0 Å². The Morgan fingerprint density at radius 2 is 1.83 bits per heavy atom. The van der Waals surface area contributed by atoms with Crippen LogP contribution in [0.4, 0.5) is 0 Å². The SMILES string of the molecule is O=c1c2ccccc2nc(-c2cc3cc(Cl)ccc3o2)n1N=Cc1cc(Cl)cc(Br)c1OCc1ccc2c(c1)OCO2. The van der Waals surface area contributed by atoms with Gasteiger partial charge in [0.05, 0.1) is 21.6 Å². The summed E-state index contributed by atoms with van der Waals surface area (Å²) in [7, 11) is 0. The topological polar surface area (TPSA) is 88.1 Å². The van der Waals surface area contributed by atoms with Crippen LogP contribution < -0.4 is 19.8 Å². The molecule has 0 radical (unpaired) electrons. The lowest BCUT2D eigenvalue weighted by molar-refractivity contribution is 0.174. The van der Waals surface area contributed by atoms with E-state index in [-0.39, 0.29) is 24.8 Å². The summed E-state index contributed by atoms with van der Waals surface area (Å²) in [5, 5.41) is 6.77. The Labute approximate surface area is 256 Å². The minimum atomic E-state index is -0.366. The largest absolute Gasteiger partial charge is 0.487 e. The van der Waals surface area contributed by atoms with Crippen LogP contribution in [0, 0.1) is 0 Å². The van der Waals surface area contributed by atoms with Crippen LogP contribution in [0.1, 0.15) is 11.1 Å². The molecule has 7 rings (SSSR count). The normalized spacial score (nSPS) is 12.5. The molecule has 0 amide bonds. The minimum absolute atomic E-state index is 0.190. The first-order chi connectivity index (χ1) is 20.4. The zero-order valence-corrected chi connectivity index (χ0v) is 24.6. The first-order valence-electron chi connectivity index (χ1n) is 12.7. The third-order valence-corrected chi connectivity index (χ3v) is 7.66.